The van der Waals surface area contributed by atoms with Gasteiger partial charge in [-0.2, -0.15) is 0 Å². The summed E-state index contributed by atoms with van der Waals surface area (Å²) in [4.78, 5) is 59.0. The van der Waals surface area contributed by atoms with Crippen LogP contribution in [0.2, 0.25) is 5.02 Å². The number of carbonyl (C=O) groups is 3. The van der Waals surface area contributed by atoms with Crippen LogP contribution in [0.15, 0.2) is 29.1 Å². The van der Waals surface area contributed by atoms with Gasteiger partial charge < -0.3 is 24.7 Å². The second-order valence-electron chi connectivity index (χ2n) is 10.3. The monoisotopic (exact) mass is 530 g/mol. The lowest BCUT2D eigenvalue weighted by Gasteiger charge is -2.34. The van der Waals surface area contributed by atoms with E-state index in [2.05, 4.69) is 17.2 Å². The standard InChI is InChI=1S/C27H35ClN4O5/c1-5-6-7-18-14-32(22(34)13-12-20(16-33)29-26(36)37-27(2,3)4)15-21-23(18)30-24(31-25(21)35)17-8-10-19(28)11-9-17/h8-11,16,18,20H,5-7,12-15H2,1-4H3,(H,29,36)(H,30,31,35)/t18?,20-/m1/s1. The zero-order valence-electron chi connectivity index (χ0n) is 21.8. The van der Waals surface area contributed by atoms with E-state index in [1.807, 2.05) is 12.1 Å². The summed E-state index contributed by atoms with van der Waals surface area (Å²) in [6, 6.07) is 6.26. The number of rotatable bonds is 9. The van der Waals surface area contributed by atoms with Crippen molar-refractivity contribution in [2.24, 2.45) is 0 Å². The maximum Gasteiger partial charge on any atom is 0.408 e. The first-order chi connectivity index (χ1) is 17.5. The molecule has 0 spiro atoms. The molecule has 2 amide bonds. The van der Waals surface area contributed by atoms with Crippen LogP contribution in [0.1, 0.15) is 77.0 Å². The highest BCUT2D eigenvalue weighted by Crippen LogP contribution is 2.31. The molecule has 3 rings (SSSR count). The Hall–Kier alpha value is -3.20. The predicted molar refractivity (Wildman–Crippen MR) is 141 cm³/mol. The Kier molecular flexibility index (Phi) is 9.48. The minimum atomic E-state index is -0.848. The van der Waals surface area contributed by atoms with Crippen molar-refractivity contribution in [2.75, 3.05) is 6.54 Å². The number of ether oxygens (including phenoxy) is 1. The molecule has 1 aliphatic heterocycles. The molecule has 0 aliphatic carbocycles. The normalized spacial score (nSPS) is 16.0. The average Bonchev–Trinajstić information content (AvgIpc) is 2.84. The van der Waals surface area contributed by atoms with Crippen LogP contribution < -0.4 is 10.9 Å². The summed E-state index contributed by atoms with van der Waals surface area (Å²) in [5.74, 6) is 0.206. The number of fused-ring (bicyclic) bond motifs is 1. The fourth-order valence-electron chi connectivity index (χ4n) is 4.30. The molecular formula is C27H35ClN4O5. The average molecular weight is 531 g/mol. The Morgan fingerprint density at radius 1 is 1.30 bits per heavy atom. The first-order valence-corrected chi connectivity index (χ1v) is 13.0. The van der Waals surface area contributed by atoms with Gasteiger partial charge in [0.15, 0.2) is 0 Å². The number of aromatic amines is 1. The largest absolute Gasteiger partial charge is 0.444 e. The number of aldehydes is 1. The summed E-state index contributed by atoms with van der Waals surface area (Å²) in [5, 5.41) is 3.09. The highest BCUT2D eigenvalue weighted by atomic mass is 35.5. The summed E-state index contributed by atoms with van der Waals surface area (Å²) < 4.78 is 5.19. The minimum Gasteiger partial charge on any atom is -0.444 e. The van der Waals surface area contributed by atoms with Crippen molar-refractivity contribution in [3.63, 3.8) is 0 Å². The fourth-order valence-corrected chi connectivity index (χ4v) is 4.42. The summed E-state index contributed by atoms with van der Waals surface area (Å²) in [6.45, 7) is 7.85. The Labute approximate surface area is 221 Å². The number of carbonyl (C=O) groups excluding carboxylic acids is 3. The number of alkyl carbamates (subject to hydrolysis) is 1. The molecule has 10 heteroatoms. The summed E-state index contributed by atoms with van der Waals surface area (Å²) in [7, 11) is 0. The molecule has 1 aliphatic rings. The van der Waals surface area contributed by atoms with Crippen LogP contribution in [0.25, 0.3) is 11.4 Å². The fraction of sp³-hybridized carbons (Fsp3) is 0.519. The van der Waals surface area contributed by atoms with Gasteiger partial charge in [-0.15, -0.1) is 0 Å². The van der Waals surface area contributed by atoms with E-state index in [1.165, 1.54) is 0 Å². The molecule has 9 nitrogen and oxygen atoms in total. The van der Waals surface area contributed by atoms with Gasteiger partial charge in [0.05, 0.1) is 23.8 Å². The SMILES string of the molecule is CCCCC1CN(C(=O)CC[C@H](C=O)NC(=O)OC(C)(C)C)Cc2c1nc(-c1ccc(Cl)cc1)[nH]c2=O. The lowest BCUT2D eigenvalue weighted by atomic mass is 9.90. The Morgan fingerprint density at radius 2 is 2.00 bits per heavy atom. The molecule has 1 aromatic carbocycles. The first kappa shape index (κ1) is 28.4. The maximum absolute atomic E-state index is 13.1. The van der Waals surface area contributed by atoms with Crippen molar-refractivity contribution in [1.29, 1.82) is 0 Å². The van der Waals surface area contributed by atoms with Crippen molar-refractivity contribution in [3.8, 4) is 11.4 Å². The molecule has 200 valence electrons. The van der Waals surface area contributed by atoms with E-state index in [1.54, 1.807) is 37.8 Å². The number of nitrogens with one attached hydrogen (secondary N) is 2. The third-order valence-corrected chi connectivity index (χ3v) is 6.39. The summed E-state index contributed by atoms with van der Waals surface area (Å²) in [6.07, 6.45) is 2.77. The van der Waals surface area contributed by atoms with Crippen LogP contribution in [0.5, 0.6) is 0 Å². The van der Waals surface area contributed by atoms with E-state index in [0.717, 1.165) is 30.5 Å². The van der Waals surface area contributed by atoms with E-state index in [4.69, 9.17) is 21.3 Å². The Morgan fingerprint density at radius 3 is 2.62 bits per heavy atom. The highest BCUT2D eigenvalue weighted by molar-refractivity contribution is 6.30. The third-order valence-electron chi connectivity index (χ3n) is 6.14. The minimum absolute atomic E-state index is 0.0449. The molecule has 0 bridgehead atoms. The van der Waals surface area contributed by atoms with Crippen molar-refractivity contribution in [2.45, 2.75) is 83.9 Å². The molecule has 2 atom stereocenters. The van der Waals surface area contributed by atoms with Gasteiger partial charge in [0.2, 0.25) is 5.91 Å². The Bertz CT molecular complexity index is 1170. The number of hydrogen-bond acceptors (Lipinski definition) is 6. The van der Waals surface area contributed by atoms with Gasteiger partial charge in [0.25, 0.3) is 5.56 Å². The molecule has 0 saturated carbocycles. The molecule has 37 heavy (non-hydrogen) atoms. The zero-order valence-corrected chi connectivity index (χ0v) is 22.6. The first-order valence-electron chi connectivity index (χ1n) is 12.6. The van der Waals surface area contributed by atoms with Crippen LogP contribution in [0.4, 0.5) is 4.79 Å². The zero-order chi connectivity index (χ0) is 27.2. The van der Waals surface area contributed by atoms with Gasteiger partial charge in [0, 0.05) is 29.5 Å². The number of aromatic nitrogens is 2. The highest BCUT2D eigenvalue weighted by Gasteiger charge is 2.32. The van der Waals surface area contributed by atoms with Crippen molar-refractivity contribution in [1.82, 2.24) is 20.2 Å². The van der Waals surface area contributed by atoms with Gasteiger partial charge in [-0.1, -0.05) is 31.4 Å². The molecule has 0 radical (unpaired) electrons. The second-order valence-corrected chi connectivity index (χ2v) is 10.8. The number of H-pyrrole nitrogens is 1. The van der Waals surface area contributed by atoms with Gasteiger partial charge in [-0.25, -0.2) is 9.78 Å². The molecule has 0 saturated heterocycles. The number of hydrogen-bond donors (Lipinski definition) is 2. The van der Waals surface area contributed by atoms with E-state index in [0.29, 0.717) is 29.2 Å². The number of nitrogens with zero attached hydrogens (tertiary/aromatic N) is 2. The molecule has 2 N–H and O–H groups in total. The predicted octanol–water partition coefficient (Wildman–Crippen LogP) is 4.58. The molecule has 2 heterocycles. The lowest BCUT2D eigenvalue weighted by Crippen LogP contribution is -2.43. The molecule has 1 aromatic heterocycles. The smallest absolute Gasteiger partial charge is 0.408 e. The van der Waals surface area contributed by atoms with Crippen LogP contribution in [0.3, 0.4) is 0 Å². The van der Waals surface area contributed by atoms with Crippen LogP contribution in [0, 0.1) is 0 Å². The second kappa shape index (κ2) is 12.4. The van der Waals surface area contributed by atoms with Gasteiger partial charge in [0.1, 0.15) is 17.7 Å². The topological polar surface area (TPSA) is 121 Å². The maximum atomic E-state index is 13.1. The summed E-state index contributed by atoms with van der Waals surface area (Å²) in [5.41, 5.74) is 0.998. The van der Waals surface area contributed by atoms with Crippen molar-refractivity contribution in [3.05, 3.63) is 50.9 Å². The lowest BCUT2D eigenvalue weighted by molar-refractivity contribution is -0.132. The van der Waals surface area contributed by atoms with Crippen molar-refractivity contribution >= 4 is 29.9 Å². The van der Waals surface area contributed by atoms with Crippen LogP contribution in [-0.4, -0.2) is 51.3 Å². The van der Waals surface area contributed by atoms with Crippen LogP contribution >= 0.6 is 11.6 Å². The van der Waals surface area contributed by atoms with E-state index < -0.39 is 17.7 Å². The van der Waals surface area contributed by atoms with Gasteiger partial charge >= 0.3 is 6.09 Å². The number of halogens is 1. The number of unbranched alkanes of at least 4 members (excludes halogenated alkanes) is 1. The Balaban J connectivity index is 1.75. The van der Waals surface area contributed by atoms with Gasteiger partial charge in [-0.3, -0.25) is 9.59 Å². The molecule has 0 fully saturated rings. The quantitative estimate of drug-likeness (QED) is 0.458. The molecule has 1 unspecified atom stereocenters. The molecule has 2 aromatic rings. The number of benzene rings is 1. The molecular weight excluding hydrogens is 496 g/mol. The van der Waals surface area contributed by atoms with E-state index in [9.17, 15) is 19.2 Å². The van der Waals surface area contributed by atoms with Crippen molar-refractivity contribution < 1.29 is 19.1 Å². The van der Waals surface area contributed by atoms with E-state index >= 15 is 0 Å². The third kappa shape index (κ3) is 7.89. The van der Waals surface area contributed by atoms with E-state index in [-0.39, 0.29) is 36.8 Å². The summed E-state index contributed by atoms with van der Waals surface area (Å²) >= 11 is 6.00. The van der Waals surface area contributed by atoms with Gasteiger partial charge in [-0.05, 0) is 57.9 Å². The van der Waals surface area contributed by atoms with Crippen LogP contribution in [-0.2, 0) is 20.9 Å². The number of amides is 2.